The Bertz CT molecular complexity index is 1300. The molecule has 0 aliphatic carbocycles. The average Bonchev–Trinajstić information content (AvgIpc) is 3.06. The molecular weight excluding hydrogens is 613 g/mol. The normalized spacial score (nSPS) is 25.5. The number of alkyl halides is 2. The highest BCUT2D eigenvalue weighted by Gasteiger charge is 2.55. The molecule has 1 saturated heterocycles. The highest BCUT2D eigenvalue weighted by molar-refractivity contribution is 9.10. The molecule has 13 nitrogen and oxygen atoms in total. The van der Waals surface area contributed by atoms with Crippen LogP contribution in [0.1, 0.15) is 27.0 Å². The number of esters is 1. The number of aromatic nitrogens is 2. The molecule has 3 N–H and O–H groups in total. The first-order valence-corrected chi connectivity index (χ1v) is 14.1. The zero-order valence-corrected chi connectivity index (χ0v) is 24.1. The summed E-state index contributed by atoms with van der Waals surface area (Å²) in [5.41, 5.74) is -1.46. The van der Waals surface area contributed by atoms with E-state index in [2.05, 4.69) is 26.0 Å². The van der Waals surface area contributed by atoms with Crippen molar-refractivity contribution in [3.05, 3.63) is 57.4 Å². The lowest BCUT2D eigenvalue weighted by atomic mass is 10.2. The Kier molecular flexibility index (Phi) is 9.85. The van der Waals surface area contributed by atoms with Gasteiger partial charge in [-0.15, -0.1) is 0 Å². The van der Waals surface area contributed by atoms with Gasteiger partial charge in [0.15, 0.2) is 10.0 Å². The molecule has 3 rings (SSSR count). The number of carbonyl (C=O) groups excluding carboxylic acids is 1. The van der Waals surface area contributed by atoms with Gasteiger partial charge in [0.05, 0.1) is 19.8 Å². The topological polar surface area (TPSA) is 167 Å². The fourth-order valence-electron chi connectivity index (χ4n) is 3.40. The molecule has 2 aromatic rings. The highest BCUT2D eigenvalue weighted by atomic mass is 79.9. The van der Waals surface area contributed by atoms with Crippen molar-refractivity contribution in [2.45, 2.75) is 55.1 Å². The summed E-state index contributed by atoms with van der Waals surface area (Å²) in [6.07, 6.45) is -3.26. The van der Waals surface area contributed by atoms with Crippen molar-refractivity contribution in [1.29, 1.82) is 0 Å². The summed E-state index contributed by atoms with van der Waals surface area (Å²) in [5.74, 6) is -0.188. The number of aromatic amines is 1. The predicted octanol–water partition coefficient (Wildman–Crippen LogP) is 2.27. The second-order valence-corrected chi connectivity index (χ2v) is 12.7. The van der Waals surface area contributed by atoms with Crippen LogP contribution < -0.4 is 25.6 Å². The number of nitrogens with zero attached hydrogens (tertiary/aromatic N) is 1. The number of halogens is 2. The SMILES string of the molecule is COc1cccc(OP(=O)(N[C@@H](C)C(=O)OC(C)C)OCC2OC(n3ccc(=O)[nH]c3=O)[C@](Cl)(Br)[C@@H]2O)c1. The van der Waals surface area contributed by atoms with E-state index in [9.17, 15) is 24.1 Å². The number of rotatable bonds is 11. The number of ether oxygens (including phenoxy) is 3. The fraction of sp³-hybridized carbons (Fsp3) is 0.500. The second kappa shape index (κ2) is 12.3. The Morgan fingerprint density at radius 2 is 2.00 bits per heavy atom. The minimum absolute atomic E-state index is 0.0994. The number of methoxy groups -OCH3 is 1. The lowest BCUT2D eigenvalue weighted by molar-refractivity contribution is -0.149. The largest absolute Gasteiger partial charge is 0.497 e. The Hall–Kier alpha value is -2.19. The van der Waals surface area contributed by atoms with E-state index in [0.29, 0.717) is 5.75 Å². The van der Waals surface area contributed by atoms with E-state index < -0.39 is 65.9 Å². The van der Waals surface area contributed by atoms with E-state index in [1.807, 2.05) is 0 Å². The third-order valence-corrected chi connectivity index (χ3v) is 8.13. The number of H-pyrrole nitrogens is 1. The zero-order valence-electron chi connectivity index (χ0n) is 20.8. The minimum Gasteiger partial charge on any atom is -0.497 e. The van der Waals surface area contributed by atoms with Crippen LogP contribution in [-0.4, -0.2) is 62.5 Å². The van der Waals surface area contributed by atoms with Crippen LogP contribution in [0.2, 0.25) is 0 Å². The van der Waals surface area contributed by atoms with Gasteiger partial charge < -0.3 is 23.8 Å². The van der Waals surface area contributed by atoms with Crippen molar-refractivity contribution < 1.29 is 37.7 Å². The van der Waals surface area contributed by atoms with Gasteiger partial charge >= 0.3 is 19.4 Å². The molecule has 0 amide bonds. The van der Waals surface area contributed by atoms with Crippen LogP contribution in [-0.2, 0) is 23.4 Å². The molecule has 0 saturated carbocycles. The maximum atomic E-state index is 13.8. The summed E-state index contributed by atoms with van der Waals surface area (Å²) in [5, 5.41) is 13.3. The maximum absolute atomic E-state index is 13.8. The van der Waals surface area contributed by atoms with E-state index in [0.717, 1.165) is 16.8 Å². The predicted molar refractivity (Wildman–Crippen MR) is 140 cm³/mol. The molecule has 0 radical (unpaired) electrons. The molecule has 1 aromatic heterocycles. The standard InChI is InChI=1S/C22H28BrClN3O10P/c1-12(2)35-19(30)13(3)26-38(32,37-15-7-5-6-14(10-15)33-4)34-11-16-18(29)22(23,24)20(36-16)27-9-8-17(28)25-21(27)31/h5-10,12-13,16,18,20,29H,11H2,1-4H3,(H,26,32)(H,25,28,31)/t13-,16?,18+,20?,22-,38?/m0/s1. The second-order valence-electron chi connectivity index (χ2n) is 8.56. The van der Waals surface area contributed by atoms with Crippen LogP contribution in [0.25, 0.3) is 0 Å². The third-order valence-electron chi connectivity index (χ3n) is 5.22. The van der Waals surface area contributed by atoms with E-state index in [1.54, 1.807) is 26.0 Å². The molecular formula is C22H28BrClN3O10P. The van der Waals surface area contributed by atoms with Gasteiger partial charge in [0.25, 0.3) is 5.56 Å². The fourth-order valence-corrected chi connectivity index (χ4v) is 5.81. The van der Waals surface area contributed by atoms with Crippen LogP contribution in [0, 0.1) is 0 Å². The highest BCUT2D eigenvalue weighted by Crippen LogP contribution is 2.50. The first-order chi connectivity index (χ1) is 17.8. The molecule has 1 aliphatic heterocycles. The summed E-state index contributed by atoms with van der Waals surface area (Å²) >= 11 is 9.62. The lowest BCUT2D eigenvalue weighted by Crippen LogP contribution is -2.41. The molecule has 1 aliphatic rings. The van der Waals surface area contributed by atoms with Crippen molar-refractivity contribution in [3.63, 3.8) is 0 Å². The van der Waals surface area contributed by atoms with E-state index in [-0.39, 0.29) is 5.75 Å². The molecule has 6 atom stereocenters. The van der Waals surface area contributed by atoms with E-state index in [4.69, 9.17) is 34.9 Å². The molecule has 1 fully saturated rings. The average molecular weight is 641 g/mol. The summed E-state index contributed by atoms with van der Waals surface area (Å²) in [4.78, 5) is 38.1. The van der Waals surface area contributed by atoms with Gasteiger partial charge in [0.1, 0.15) is 29.7 Å². The van der Waals surface area contributed by atoms with Crippen molar-refractivity contribution in [2.75, 3.05) is 13.7 Å². The third kappa shape index (κ3) is 7.26. The number of benzene rings is 1. The van der Waals surface area contributed by atoms with Crippen LogP contribution in [0.5, 0.6) is 11.5 Å². The number of hydrogen-bond acceptors (Lipinski definition) is 10. The van der Waals surface area contributed by atoms with Crippen LogP contribution in [0.3, 0.4) is 0 Å². The van der Waals surface area contributed by atoms with Gasteiger partial charge in [0, 0.05) is 18.3 Å². The van der Waals surface area contributed by atoms with Crippen molar-refractivity contribution in [1.82, 2.24) is 14.6 Å². The van der Waals surface area contributed by atoms with Crippen molar-refractivity contribution in [2.24, 2.45) is 0 Å². The number of aliphatic hydroxyl groups is 1. The minimum atomic E-state index is -4.33. The first kappa shape index (κ1) is 30.4. The summed E-state index contributed by atoms with van der Waals surface area (Å²) < 4.78 is 40.3. The number of aliphatic hydroxyl groups excluding tert-OH is 1. The number of nitrogens with one attached hydrogen (secondary N) is 2. The monoisotopic (exact) mass is 639 g/mol. The summed E-state index contributed by atoms with van der Waals surface area (Å²) in [7, 11) is -2.88. The summed E-state index contributed by atoms with van der Waals surface area (Å²) in [6, 6.07) is 6.16. The van der Waals surface area contributed by atoms with Gasteiger partial charge in [-0.05, 0) is 32.9 Å². The van der Waals surface area contributed by atoms with Crippen LogP contribution in [0.4, 0.5) is 0 Å². The molecule has 3 unspecified atom stereocenters. The van der Waals surface area contributed by atoms with Gasteiger partial charge in [0.2, 0.25) is 0 Å². The Balaban J connectivity index is 1.83. The van der Waals surface area contributed by atoms with E-state index in [1.165, 1.54) is 26.2 Å². The lowest BCUT2D eigenvalue weighted by Gasteiger charge is -2.25. The quantitative estimate of drug-likeness (QED) is 0.187. The summed E-state index contributed by atoms with van der Waals surface area (Å²) in [6.45, 7) is 4.19. The zero-order chi connectivity index (χ0) is 28.3. The Morgan fingerprint density at radius 1 is 1.32 bits per heavy atom. The Morgan fingerprint density at radius 3 is 2.63 bits per heavy atom. The first-order valence-electron chi connectivity index (χ1n) is 11.3. The molecule has 16 heteroatoms. The van der Waals surface area contributed by atoms with Gasteiger partial charge in [-0.2, -0.15) is 5.09 Å². The van der Waals surface area contributed by atoms with Crippen LogP contribution in [0.15, 0.2) is 46.1 Å². The van der Waals surface area contributed by atoms with E-state index >= 15 is 0 Å². The molecule has 0 spiro atoms. The van der Waals surface area contributed by atoms with Gasteiger partial charge in [-0.25, -0.2) is 9.36 Å². The molecule has 1 aromatic carbocycles. The maximum Gasteiger partial charge on any atom is 0.459 e. The van der Waals surface area contributed by atoms with Gasteiger partial charge in [-0.1, -0.05) is 33.6 Å². The van der Waals surface area contributed by atoms with Crippen molar-refractivity contribution in [3.8, 4) is 11.5 Å². The van der Waals surface area contributed by atoms with Crippen molar-refractivity contribution >= 4 is 41.2 Å². The number of carbonyl (C=O) groups is 1. The Labute approximate surface area is 231 Å². The molecule has 210 valence electrons. The van der Waals surface area contributed by atoms with Crippen LogP contribution >= 0.6 is 35.3 Å². The molecule has 0 bridgehead atoms. The smallest absolute Gasteiger partial charge is 0.459 e. The molecule has 2 heterocycles. The molecule has 38 heavy (non-hydrogen) atoms. The number of hydrogen-bond donors (Lipinski definition) is 3. The van der Waals surface area contributed by atoms with Gasteiger partial charge in [-0.3, -0.25) is 23.7 Å².